The highest BCUT2D eigenvalue weighted by atomic mass is 16.6. The molecule has 0 aliphatic carbocycles. The number of rotatable bonds is 7. The number of nitrogens with two attached hydrogens (primary N) is 1. The van der Waals surface area contributed by atoms with E-state index in [0.29, 0.717) is 5.56 Å². The lowest BCUT2D eigenvalue weighted by molar-refractivity contribution is -0.149. The Hall–Kier alpha value is -2.47. The zero-order chi connectivity index (χ0) is 16.7. The molecule has 0 spiro atoms. The maximum Gasteiger partial charge on any atom is 0.345 e. The normalized spacial score (nSPS) is 11.6. The number of Topliss-reactive ketones (excluding diaryl/α,β-unsaturated/α-hetero) is 1. The lowest BCUT2D eigenvalue weighted by Gasteiger charge is -2.13. The van der Waals surface area contributed by atoms with Crippen molar-refractivity contribution in [2.45, 2.75) is 26.0 Å². The molecular formula is C16H19NO5. The molecule has 0 aliphatic rings. The van der Waals surface area contributed by atoms with E-state index in [1.165, 1.54) is 0 Å². The van der Waals surface area contributed by atoms with Crippen LogP contribution in [0.2, 0.25) is 0 Å². The van der Waals surface area contributed by atoms with Crippen molar-refractivity contribution in [1.29, 1.82) is 0 Å². The van der Waals surface area contributed by atoms with E-state index in [9.17, 15) is 14.4 Å². The van der Waals surface area contributed by atoms with Gasteiger partial charge in [0.2, 0.25) is 0 Å². The van der Waals surface area contributed by atoms with E-state index in [1.807, 2.05) is 0 Å². The quantitative estimate of drug-likeness (QED) is 0.268. The fourth-order valence-corrected chi connectivity index (χ4v) is 1.51. The molecule has 1 atom stereocenters. The molecule has 6 nitrogen and oxygen atoms in total. The van der Waals surface area contributed by atoms with Crippen LogP contribution in [0.15, 0.2) is 42.5 Å². The van der Waals surface area contributed by atoms with Crippen LogP contribution in [0.1, 0.15) is 24.2 Å². The molecule has 0 radical (unpaired) electrons. The molecule has 0 aliphatic heterocycles. The molecule has 0 saturated heterocycles. The number of hydrogen-bond acceptors (Lipinski definition) is 6. The second-order valence-electron chi connectivity index (χ2n) is 4.87. The Balaban J connectivity index is 2.51. The number of esters is 2. The van der Waals surface area contributed by atoms with Gasteiger partial charge in [-0.1, -0.05) is 36.9 Å². The summed E-state index contributed by atoms with van der Waals surface area (Å²) >= 11 is 0. The van der Waals surface area contributed by atoms with Crippen LogP contribution in [0.4, 0.5) is 0 Å². The van der Waals surface area contributed by atoms with E-state index >= 15 is 0 Å². The molecule has 6 heteroatoms. The van der Waals surface area contributed by atoms with Crippen LogP contribution in [-0.4, -0.2) is 36.5 Å². The fourth-order valence-electron chi connectivity index (χ4n) is 1.51. The van der Waals surface area contributed by atoms with Crippen LogP contribution in [0, 0.1) is 0 Å². The van der Waals surface area contributed by atoms with Crippen molar-refractivity contribution < 1.29 is 23.9 Å². The summed E-state index contributed by atoms with van der Waals surface area (Å²) in [7, 11) is 0. The first-order chi connectivity index (χ1) is 10.3. The topological polar surface area (TPSA) is 95.7 Å². The van der Waals surface area contributed by atoms with E-state index in [1.54, 1.807) is 44.2 Å². The predicted octanol–water partition coefficient (Wildman–Crippen LogP) is 1.25. The zero-order valence-electron chi connectivity index (χ0n) is 12.6. The summed E-state index contributed by atoms with van der Waals surface area (Å²) in [4.78, 5) is 35.1. The zero-order valence-corrected chi connectivity index (χ0v) is 12.6. The van der Waals surface area contributed by atoms with Gasteiger partial charge in [-0.15, -0.1) is 0 Å². The average Bonchev–Trinajstić information content (AvgIpc) is 2.50. The van der Waals surface area contributed by atoms with Crippen molar-refractivity contribution in [3.05, 3.63) is 48.0 Å². The van der Waals surface area contributed by atoms with Crippen molar-refractivity contribution in [1.82, 2.24) is 0 Å². The third kappa shape index (κ3) is 5.14. The minimum absolute atomic E-state index is 0.347. The summed E-state index contributed by atoms with van der Waals surface area (Å²) in [5, 5.41) is 0. The van der Waals surface area contributed by atoms with Crippen LogP contribution in [0.25, 0.3) is 0 Å². The van der Waals surface area contributed by atoms with Gasteiger partial charge >= 0.3 is 11.9 Å². The molecule has 1 aromatic carbocycles. The molecule has 0 fully saturated rings. The number of hydrogen-bond donors (Lipinski definition) is 1. The van der Waals surface area contributed by atoms with Crippen molar-refractivity contribution in [2.75, 3.05) is 6.61 Å². The van der Waals surface area contributed by atoms with Gasteiger partial charge in [-0.3, -0.25) is 4.79 Å². The molecule has 2 N–H and O–H groups in total. The van der Waals surface area contributed by atoms with Crippen LogP contribution in [0.3, 0.4) is 0 Å². The molecule has 22 heavy (non-hydrogen) atoms. The average molecular weight is 305 g/mol. The third-order valence-corrected chi connectivity index (χ3v) is 2.62. The van der Waals surface area contributed by atoms with E-state index in [4.69, 9.17) is 15.2 Å². The van der Waals surface area contributed by atoms with Crippen molar-refractivity contribution in [3.63, 3.8) is 0 Å². The largest absolute Gasteiger partial charge is 0.460 e. The summed E-state index contributed by atoms with van der Waals surface area (Å²) in [6, 6.07) is 7.39. The number of ether oxygens (including phenoxy) is 2. The van der Waals surface area contributed by atoms with Crippen LogP contribution < -0.4 is 5.73 Å². The Labute approximate surface area is 128 Å². The molecule has 0 heterocycles. The first kappa shape index (κ1) is 17.6. The van der Waals surface area contributed by atoms with Crippen molar-refractivity contribution in [3.8, 4) is 0 Å². The minimum atomic E-state index is -1.01. The molecule has 0 bridgehead atoms. The van der Waals surface area contributed by atoms with E-state index in [-0.39, 0.29) is 18.5 Å². The molecule has 0 aromatic heterocycles. The predicted molar refractivity (Wildman–Crippen MR) is 80.1 cm³/mol. The molecule has 1 rings (SSSR count). The van der Waals surface area contributed by atoms with Gasteiger partial charge < -0.3 is 15.2 Å². The maximum absolute atomic E-state index is 12.0. The van der Waals surface area contributed by atoms with E-state index < -0.39 is 23.6 Å². The smallest absolute Gasteiger partial charge is 0.345 e. The van der Waals surface area contributed by atoms with Crippen molar-refractivity contribution in [2.24, 2.45) is 5.73 Å². The molecule has 118 valence electrons. The Bertz CT molecular complexity index is 565. The van der Waals surface area contributed by atoms with Gasteiger partial charge in [0.1, 0.15) is 18.2 Å². The summed E-state index contributed by atoms with van der Waals surface area (Å²) in [5.74, 6) is -2.17. The van der Waals surface area contributed by atoms with Gasteiger partial charge in [0, 0.05) is 5.56 Å². The number of ketones is 1. The maximum atomic E-state index is 12.0. The van der Waals surface area contributed by atoms with Crippen LogP contribution >= 0.6 is 0 Å². The summed E-state index contributed by atoms with van der Waals surface area (Å²) in [6.07, 6.45) is -0.376. The second-order valence-corrected chi connectivity index (χ2v) is 4.87. The third-order valence-electron chi connectivity index (χ3n) is 2.62. The highest BCUT2D eigenvalue weighted by Gasteiger charge is 2.22. The van der Waals surface area contributed by atoms with Gasteiger partial charge in [-0.05, 0) is 13.8 Å². The van der Waals surface area contributed by atoms with Gasteiger partial charge in [0.25, 0.3) is 0 Å². The molecular weight excluding hydrogens is 286 g/mol. The molecule has 1 unspecified atom stereocenters. The number of carbonyl (C=O) groups is 3. The Morgan fingerprint density at radius 1 is 1.14 bits per heavy atom. The molecule has 0 amide bonds. The lowest BCUT2D eigenvalue weighted by Crippen LogP contribution is -2.36. The van der Waals surface area contributed by atoms with Gasteiger partial charge in [-0.2, -0.15) is 0 Å². The van der Waals surface area contributed by atoms with Gasteiger partial charge in [0.15, 0.2) is 5.78 Å². The highest BCUT2D eigenvalue weighted by molar-refractivity contribution is 6.13. The summed E-state index contributed by atoms with van der Waals surface area (Å²) < 4.78 is 9.65. The fraction of sp³-hybridized carbons (Fsp3) is 0.312. The Morgan fingerprint density at radius 3 is 2.27 bits per heavy atom. The minimum Gasteiger partial charge on any atom is -0.460 e. The Kier molecular flexibility index (Phi) is 6.47. The first-order valence-electron chi connectivity index (χ1n) is 6.74. The van der Waals surface area contributed by atoms with Crippen LogP contribution in [0.5, 0.6) is 0 Å². The standard InChI is InChI=1S/C16H19NO5/c1-10(2)22-16(20)11(3)15(19)21-9-13(17)14(18)12-7-5-4-6-8-12/h4-8,10,13H,3,9,17H2,1-2H3. The second kappa shape index (κ2) is 8.09. The summed E-state index contributed by atoms with van der Waals surface area (Å²) in [6.45, 7) is 6.25. The van der Waals surface area contributed by atoms with E-state index in [0.717, 1.165) is 0 Å². The SMILES string of the molecule is C=C(C(=O)OCC(N)C(=O)c1ccccc1)C(=O)OC(C)C. The van der Waals surface area contributed by atoms with Crippen LogP contribution in [-0.2, 0) is 19.1 Å². The number of benzene rings is 1. The summed E-state index contributed by atoms with van der Waals surface area (Å²) in [5.41, 5.74) is 5.67. The lowest BCUT2D eigenvalue weighted by atomic mass is 10.1. The highest BCUT2D eigenvalue weighted by Crippen LogP contribution is 2.05. The van der Waals surface area contributed by atoms with E-state index in [2.05, 4.69) is 6.58 Å². The van der Waals surface area contributed by atoms with Crippen molar-refractivity contribution >= 4 is 17.7 Å². The van der Waals surface area contributed by atoms with Gasteiger partial charge in [-0.25, -0.2) is 9.59 Å². The molecule has 0 saturated carbocycles. The molecule has 1 aromatic rings. The monoisotopic (exact) mass is 305 g/mol. The van der Waals surface area contributed by atoms with Gasteiger partial charge in [0.05, 0.1) is 6.10 Å². The number of carbonyl (C=O) groups excluding carboxylic acids is 3. The Morgan fingerprint density at radius 2 is 1.73 bits per heavy atom. The first-order valence-corrected chi connectivity index (χ1v) is 6.74.